The van der Waals surface area contributed by atoms with Crippen molar-refractivity contribution in [3.63, 3.8) is 0 Å². The van der Waals surface area contributed by atoms with Crippen molar-refractivity contribution in [3.05, 3.63) is 15.6 Å². The first-order valence-corrected chi connectivity index (χ1v) is 9.58. The molecule has 0 aliphatic carbocycles. The molecule has 2 N–H and O–H groups in total. The Morgan fingerprint density at radius 2 is 1.92 bits per heavy atom. The fourth-order valence-electron chi connectivity index (χ4n) is 2.80. The predicted octanol–water partition coefficient (Wildman–Crippen LogP) is 1.93. The number of guanidine groups is 1. The number of halogens is 1. The Morgan fingerprint density at radius 1 is 1.24 bits per heavy atom. The fraction of sp³-hybridized carbons (Fsp3) is 0.765. The molecule has 1 aliphatic rings. The summed E-state index contributed by atoms with van der Waals surface area (Å²) in [6.07, 6.45) is 0. The Balaban J connectivity index is 0.00000312. The minimum absolute atomic E-state index is 0. The van der Waals surface area contributed by atoms with Crippen molar-refractivity contribution in [1.29, 1.82) is 0 Å². The zero-order valence-corrected chi connectivity index (χ0v) is 19.3. The summed E-state index contributed by atoms with van der Waals surface area (Å²) in [5.41, 5.74) is 1.13. The number of piperazine rings is 1. The Morgan fingerprint density at radius 3 is 2.48 bits per heavy atom. The van der Waals surface area contributed by atoms with E-state index >= 15 is 0 Å². The van der Waals surface area contributed by atoms with Gasteiger partial charge in [-0.05, 0) is 26.8 Å². The van der Waals surface area contributed by atoms with Crippen LogP contribution in [0.1, 0.15) is 22.5 Å². The molecule has 6 nitrogen and oxygen atoms in total. The largest absolute Gasteiger partial charge is 0.356 e. The van der Waals surface area contributed by atoms with Crippen LogP contribution in [-0.2, 0) is 6.54 Å². The van der Waals surface area contributed by atoms with Crippen LogP contribution in [0.25, 0.3) is 0 Å². The summed E-state index contributed by atoms with van der Waals surface area (Å²) in [5.74, 6) is 1.45. The number of nitrogens with zero attached hydrogens (tertiary/aromatic N) is 4. The summed E-state index contributed by atoms with van der Waals surface area (Å²) in [6, 6.07) is 0. The van der Waals surface area contributed by atoms with Crippen LogP contribution >= 0.6 is 35.3 Å². The third-order valence-electron chi connectivity index (χ3n) is 4.49. The second-order valence-corrected chi connectivity index (χ2v) is 8.05. The number of likely N-dealkylation sites (N-methyl/N-ethyl adjacent to an activating group) is 1. The quantitative estimate of drug-likeness (QED) is 0.370. The molecular weight excluding hydrogens is 447 g/mol. The van der Waals surface area contributed by atoms with Gasteiger partial charge in [-0.3, -0.25) is 4.99 Å². The highest BCUT2D eigenvalue weighted by Gasteiger charge is 2.16. The van der Waals surface area contributed by atoms with Gasteiger partial charge >= 0.3 is 0 Å². The van der Waals surface area contributed by atoms with Gasteiger partial charge in [0.25, 0.3) is 0 Å². The van der Waals surface area contributed by atoms with Gasteiger partial charge in [-0.15, -0.1) is 35.3 Å². The molecule has 25 heavy (non-hydrogen) atoms. The lowest BCUT2D eigenvalue weighted by Crippen LogP contribution is -2.47. The molecule has 1 aliphatic heterocycles. The summed E-state index contributed by atoms with van der Waals surface area (Å²) in [4.78, 5) is 15.1. The molecule has 0 bridgehead atoms. The van der Waals surface area contributed by atoms with Crippen molar-refractivity contribution in [1.82, 2.24) is 25.4 Å². The topological polar surface area (TPSA) is 55.8 Å². The second-order valence-electron chi connectivity index (χ2n) is 6.76. The van der Waals surface area contributed by atoms with E-state index in [-0.39, 0.29) is 24.0 Å². The van der Waals surface area contributed by atoms with E-state index in [2.05, 4.69) is 58.2 Å². The van der Waals surface area contributed by atoms with Crippen LogP contribution in [0.2, 0.25) is 0 Å². The van der Waals surface area contributed by atoms with Crippen LogP contribution in [0.15, 0.2) is 4.99 Å². The van der Waals surface area contributed by atoms with Crippen molar-refractivity contribution in [2.24, 2.45) is 10.9 Å². The molecule has 2 heterocycles. The third kappa shape index (κ3) is 7.76. The number of nitrogens with one attached hydrogen (secondary N) is 2. The lowest BCUT2D eigenvalue weighted by Gasteiger charge is -2.34. The second kappa shape index (κ2) is 11.3. The maximum Gasteiger partial charge on any atom is 0.191 e. The standard InChI is InChI=1S/C17H32N6S.HI/c1-13(12-23-8-6-22(5)7-9-23)10-19-17(18-4)20-11-16-21-14(2)15(3)24-16;/h13H,6-12H2,1-5H3,(H2,18,19,20);1H. The predicted molar refractivity (Wildman–Crippen MR) is 118 cm³/mol. The van der Waals surface area contributed by atoms with E-state index in [1.54, 1.807) is 11.3 Å². The number of aromatic nitrogens is 1. The number of hydrogen-bond donors (Lipinski definition) is 2. The maximum atomic E-state index is 4.56. The summed E-state index contributed by atoms with van der Waals surface area (Å²) < 4.78 is 0. The summed E-state index contributed by atoms with van der Waals surface area (Å²) in [6.45, 7) is 14.0. The molecule has 2 rings (SSSR count). The molecule has 1 fully saturated rings. The lowest BCUT2D eigenvalue weighted by atomic mass is 10.1. The van der Waals surface area contributed by atoms with Gasteiger partial charge in [0.1, 0.15) is 5.01 Å². The smallest absolute Gasteiger partial charge is 0.191 e. The first-order chi connectivity index (χ1) is 11.5. The number of aliphatic imine (C=N–C) groups is 1. The molecule has 8 heteroatoms. The van der Waals surface area contributed by atoms with E-state index in [9.17, 15) is 0 Å². The Kier molecular flexibility index (Phi) is 10.2. The molecule has 1 aromatic rings. The summed E-state index contributed by atoms with van der Waals surface area (Å²) in [5, 5.41) is 7.91. The Labute approximate surface area is 173 Å². The summed E-state index contributed by atoms with van der Waals surface area (Å²) >= 11 is 1.75. The molecule has 1 saturated heterocycles. The van der Waals surface area contributed by atoms with Gasteiger partial charge in [0, 0.05) is 51.2 Å². The molecule has 1 unspecified atom stereocenters. The van der Waals surface area contributed by atoms with E-state index < -0.39 is 0 Å². The van der Waals surface area contributed by atoms with E-state index in [0.717, 1.165) is 36.3 Å². The molecular formula is C17H33IN6S. The van der Waals surface area contributed by atoms with Crippen molar-refractivity contribution in [2.75, 3.05) is 53.4 Å². The maximum absolute atomic E-state index is 4.56. The molecule has 1 aromatic heterocycles. The highest BCUT2D eigenvalue weighted by atomic mass is 127. The van der Waals surface area contributed by atoms with E-state index in [1.807, 2.05) is 7.05 Å². The monoisotopic (exact) mass is 480 g/mol. The van der Waals surface area contributed by atoms with E-state index in [0.29, 0.717) is 5.92 Å². The van der Waals surface area contributed by atoms with Gasteiger partial charge in [0.15, 0.2) is 5.96 Å². The number of hydrogen-bond acceptors (Lipinski definition) is 5. The molecule has 0 amide bonds. The first-order valence-electron chi connectivity index (χ1n) is 8.76. The van der Waals surface area contributed by atoms with E-state index in [1.165, 1.54) is 31.1 Å². The van der Waals surface area contributed by atoms with Gasteiger partial charge in [0.2, 0.25) is 0 Å². The van der Waals surface area contributed by atoms with Crippen LogP contribution in [0.5, 0.6) is 0 Å². The fourth-order valence-corrected chi connectivity index (χ4v) is 3.68. The summed E-state index contributed by atoms with van der Waals surface area (Å²) in [7, 11) is 4.02. The van der Waals surface area contributed by atoms with Crippen molar-refractivity contribution < 1.29 is 0 Å². The molecule has 0 aromatic carbocycles. The minimum Gasteiger partial charge on any atom is -0.356 e. The van der Waals surface area contributed by atoms with Crippen molar-refractivity contribution >= 4 is 41.3 Å². The van der Waals surface area contributed by atoms with Crippen LogP contribution in [-0.4, -0.2) is 74.1 Å². The van der Waals surface area contributed by atoms with Gasteiger partial charge in [-0.1, -0.05) is 6.92 Å². The van der Waals surface area contributed by atoms with Crippen molar-refractivity contribution in [3.8, 4) is 0 Å². The minimum atomic E-state index is 0. The zero-order valence-electron chi connectivity index (χ0n) is 16.1. The Hall–Kier alpha value is -0.450. The highest BCUT2D eigenvalue weighted by Crippen LogP contribution is 2.15. The number of aryl methyl sites for hydroxylation is 2. The van der Waals surface area contributed by atoms with Gasteiger partial charge in [0.05, 0.1) is 12.2 Å². The first kappa shape index (κ1) is 22.6. The molecule has 0 saturated carbocycles. The number of rotatable bonds is 6. The molecule has 0 radical (unpaired) electrons. The molecule has 144 valence electrons. The molecule has 1 atom stereocenters. The lowest BCUT2D eigenvalue weighted by molar-refractivity contribution is 0.139. The van der Waals surface area contributed by atoms with Crippen LogP contribution in [0.3, 0.4) is 0 Å². The van der Waals surface area contributed by atoms with Gasteiger partial charge < -0.3 is 20.4 Å². The Bertz CT molecular complexity index is 520. The van der Waals surface area contributed by atoms with Gasteiger partial charge in [-0.25, -0.2) is 4.98 Å². The normalized spacial score (nSPS) is 17.9. The highest BCUT2D eigenvalue weighted by molar-refractivity contribution is 14.0. The average molecular weight is 480 g/mol. The van der Waals surface area contributed by atoms with Crippen LogP contribution in [0, 0.1) is 19.8 Å². The zero-order chi connectivity index (χ0) is 17.5. The molecule has 0 spiro atoms. The van der Waals surface area contributed by atoms with E-state index in [4.69, 9.17) is 0 Å². The van der Waals surface area contributed by atoms with Crippen LogP contribution in [0.4, 0.5) is 0 Å². The SMILES string of the molecule is CN=C(NCc1nc(C)c(C)s1)NCC(C)CN1CCN(C)CC1.I. The number of thiazole rings is 1. The van der Waals surface area contributed by atoms with Crippen LogP contribution < -0.4 is 10.6 Å². The van der Waals surface area contributed by atoms with Gasteiger partial charge in [-0.2, -0.15) is 0 Å². The average Bonchev–Trinajstić information content (AvgIpc) is 2.88. The third-order valence-corrected chi connectivity index (χ3v) is 5.56. The van der Waals surface area contributed by atoms with Crippen molar-refractivity contribution in [2.45, 2.75) is 27.3 Å².